The second-order valence-corrected chi connectivity index (χ2v) is 7.39. The van der Waals surface area contributed by atoms with Crippen LogP contribution in [0.2, 0.25) is 0 Å². The SMILES string of the molecule is C=C[C@@H]([C@H](Cc1ccccc1)NC(=O)c1ccccc1)N1C(=O)c2ccccc2C1=O. The normalized spacial score (nSPS) is 14.6. The van der Waals surface area contributed by atoms with Crippen molar-refractivity contribution < 1.29 is 14.4 Å². The molecule has 3 aromatic carbocycles. The van der Waals surface area contributed by atoms with Crippen LogP contribution in [-0.4, -0.2) is 34.7 Å². The molecular weight excluding hydrogens is 388 g/mol. The Morgan fingerprint density at radius 1 is 0.839 bits per heavy atom. The van der Waals surface area contributed by atoms with Gasteiger partial charge in [-0.05, 0) is 36.2 Å². The zero-order valence-electron chi connectivity index (χ0n) is 16.9. The summed E-state index contributed by atoms with van der Waals surface area (Å²) in [5, 5.41) is 3.02. The van der Waals surface area contributed by atoms with Gasteiger partial charge in [0, 0.05) is 5.56 Å². The van der Waals surface area contributed by atoms with Crippen LogP contribution in [0.15, 0.2) is 97.6 Å². The lowest BCUT2D eigenvalue weighted by atomic mass is 9.97. The largest absolute Gasteiger partial charge is 0.347 e. The second-order valence-electron chi connectivity index (χ2n) is 7.39. The Hall–Kier alpha value is -3.99. The summed E-state index contributed by atoms with van der Waals surface area (Å²) in [5.41, 5.74) is 2.22. The Labute approximate surface area is 181 Å². The van der Waals surface area contributed by atoms with Crippen LogP contribution in [-0.2, 0) is 6.42 Å². The highest BCUT2D eigenvalue weighted by Gasteiger charge is 2.41. The van der Waals surface area contributed by atoms with E-state index < -0.39 is 12.1 Å². The van der Waals surface area contributed by atoms with Gasteiger partial charge in [0.15, 0.2) is 0 Å². The number of carbonyl (C=O) groups excluding carboxylic acids is 3. The molecule has 4 rings (SSSR count). The summed E-state index contributed by atoms with van der Waals surface area (Å²) >= 11 is 0. The monoisotopic (exact) mass is 410 g/mol. The number of benzene rings is 3. The topological polar surface area (TPSA) is 66.5 Å². The highest BCUT2D eigenvalue weighted by molar-refractivity contribution is 6.21. The fourth-order valence-corrected chi connectivity index (χ4v) is 3.89. The summed E-state index contributed by atoms with van der Waals surface area (Å²) in [7, 11) is 0. The number of imide groups is 1. The van der Waals surface area contributed by atoms with Crippen molar-refractivity contribution in [2.75, 3.05) is 0 Å². The van der Waals surface area contributed by atoms with E-state index in [0.717, 1.165) is 5.56 Å². The van der Waals surface area contributed by atoms with Crippen LogP contribution in [0.1, 0.15) is 36.6 Å². The number of nitrogens with zero attached hydrogens (tertiary/aromatic N) is 1. The molecule has 31 heavy (non-hydrogen) atoms. The molecule has 3 amide bonds. The zero-order valence-corrected chi connectivity index (χ0v) is 16.9. The maximum atomic E-state index is 13.1. The number of nitrogens with one attached hydrogen (secondary N) is 1. The highest BCUT2D eigenvalue weighted by atomic mass is 16.2. The standard InChI is InChI=1S/C26H22N2O3/c1-2-23(28-25(30)20-15-9-10-16-21(20)26(28)31)22(17-18-11-5-3-6-12-18)27-24(29)19-13-7-4-8-14-19/h2-16,22-23H,1,17H2,(H,27,29)/t22-,23-/m0/s1. The molecule has 0 saturated heterocycles. The van der Waals surface area contributed by atoms with Gasteiger partial charge in [-0.25, -0.2) is 0 Å². The fraction of sp³-hybridized carbons (Fsp3) is 0.115. The third-order valence-corrected chi connectivity index (χ3v) is 5.43. The number of rotatable bonds is 7. The minimum Gasteiger partial charge on any atom is -0.347 e. The third-order valence-electron chi connectivity index (χ3n) is 5.43. The molecule has 0 radical (unpaired) electrons. The van der Waals surface area contributed by atoms with Crippen LogP contribution in [0.4, 0.5) is 0 Å². The lowest BCUT2D eigenvalue weighted by Gasteiger charge is -2.32. The lowest BCUT2D eigenvalue weighted by Crippen LogP contribution is -2.53. The molecule has 1 aliphatic rings. The number of fused-ring (bicyclic) bond motifs is 1. The molecule has 5 heteroatoms. The molecule has 0 aliphatic carbocycles. The van der Waals surface area contributed by atoms with Gasteiger partial charge >= 0.3 is 0 Å². The predicted molar refractivity (Wildman–Crippen MR) is 119 cm³/mol. The summed E-state index contributed by atoms with van der Waals surface area (Å²) in [6.45, 7) is 3.88. The van der Waals surface area contributed by atoms with E-state index in [0.29, 0.717) is 23.1 Å². The smallest absolute Gasteiger partial charge is 0.262 e. The zero-order chi connectivity index (χ0) is 21.8. The molecule has 1 aliphatic heterocycles. The first-order valence-corrected chi connectivity index (χ1v) is 10.1. The Morgan fingerprint density at radius 2 is 1.35 bits per heavy atom. The summed E-state index contributed by atoms with van der Waals surface area (Å²) in [4.78, 5) is 40.3. The molecule has 2 atom stereocenters. The van der Waals surface area contributed by atoms with Crippen LogP contribution in [0.25, 0.3) is 0 Å². The van der Waals surface area contributed by atoms with Gasteiger partial charge in [-0.3, -0.25) is 19.3 Å². The van der Waals surface area contributed by atoms with Crippen molar-refractivity contribution >= 4 is 17.7 Å². The Bertz CT molecular complexity index is 1090. The number of hydrogen-bond acceptors (Lipinski definition) is 3. The molecule has 0 saturated carbocycles. The van der Waals surface area contributed by atoms with Crippen LogP contribution in [0.3, 0.4) is 0 Å². The van der Waals surface area contributed by atoms with Gasteiger partial charge in [0.2, 0.25) is 0 Å². The van der Waals surface area contributed by atoms with E-state index >= 15 is 0 Å². The van der Waals surface area contributed by atoms with E-state index in [9.17, 15) is 14.4 Å². The first kappa shape index (κ1) is 20.3. The maximum Gasteiger partial charge on any atom is 0.262 e. The molecular formula is C26H22N2O3. The third kappa shape index (κ3) is 4.03. The quantitative estimate of drug-likeness (QED) is 0.475. The lowest BCUT2D eigenvalue weighted by molar-refractivity contribution is 0.0576. The van der Waals surface area contributed by atoms with E-state index in [2.05, 4.69) is 11.9 Å². The Balaban J connectivity index is 1.67. The minimum absolute atomic E-state index is 0.273. The summed E-state index contributed by atoms with van der Waals surface area (Å²) in [5.74, 6) is -1.03. The molecule has 0 spiro atoms. The van der Waals surface area contributed by atoms with E-state index in [1.807, 2.05) is 36.4 Å². The van der Waals surface area contributed by atoms with Gasteiger partial charge in [-0.2, -0.15) is 0 Å². The minimum atomic E-state index is -0.708. The predicted octanol–water partition coefficient (Wildman–Crippen LogP) is 3.88. The maximum absolute atomic E-state index is 13.1. The first-order chi connectivity index (χ1) is 15.1. The Morgan fingerprint density at radius 3 is 1.90 bits per heavy atom. The van der Waals surface area contributed by atoms with Crippen molar-refractivity contribution in [3.05, 3.63) is 120 Å². The van der Waals surface area contributed by atoms with Gasteiger partial charge in [0.1, 0.15) is 0 Å². The van der Waals surface area contributed by atoms with Crippen molar-refractivity contribution in [2.45, 2.75) is 18.5 Å². The molecule has 1 heterocycles. The van der Waals surface area contributed by atoms with Gasteiger partial charge in [0.05, 0.1) is 23.2 Å². The van der Waals surface area contributed by atoms with Gasteiger partial charge < -0.3 is 5.32 Å². The highest BCUT2D eigenvalue weighted by Crippen LogP contribution is 2.27. The van der Waals surface area contributed by atoms with Crippen LogP contribution >= 0.6 is 0 Å². The molecule has 5 nitrogen and oxygen atoms in total. The molecule has 154 valence electrons. The van der Waals surface area contributed by atoms with Crippen molar-refractivity contribution in [2.24, 2.45) is 0 Å². The molecule has 3 aromatic rings. The van der Waals surface area contributed by atoms with E-state index in [1.54, 1.807) is 54.6 Å². The average molecular weight is 410 g/mol. The average Bonchev–Trinajstić information content (AvgIpc) is 3.06. The van der Waals surface area contributed by atoms with E-state index in [1.165, 1.54) is 4.90 Å². The van der Waals surface area contributed by atoms with Gasteiger partial charge in [-0.1, -0.05) is 66.7 Å². The fourth-order valence-electron chi connectivity index (χ4n) is 3.89. The van der Waals surface area contributed by atoms with Crippen LogP contribution in [0, 0.1) is 0 Å². The summed E-state index contributed by atoms with van der Waals surface area (Å²) in [6.07, 6.45) is 1.99. The second kappa shape index (κ2) is 8.79. The van der Waals surface area contributed by atoms with Gasteiger partial charge in [-0.15, -0.1) is 6.58 Å². The van der Waals surface area contributed by atoms with Crippen molar-refractivity contribution in [1.29, 1.82) is 0 Å². The number of amides is 3. The molecule has 0 aromatic heterocycles. The molecule has 0 bridgehead atoms. The van der Waals surface area contributed by atoms with Crippen LogP contribution < -0.4 is 5.32 Å². The van der Waals surface area contributed by atoms with Crippen LogP contribution in [0.5, 0.6) is 0 Å². The van der Waals surface area contributed by atoms with Crippen molar-refractivity contribution in [3.8, 4) is 0 Å². The molecule has 1 N–H and O–H groups in total. The summed E-state index contributed by atoms with van der Waals surface area (Å²) < 4.78 is 0. The Kier molecular flexibility index (Phi) is 5.76. The summed E-state index contributed by atoms with van der Waals surface area (Å²) in [6, 6.07) is 24.0. The van der Waals surface area contributed by atoms with E-state index in [-0.39, 0.29) is 17.7 Å². The number of carbonyl (C=O) groups is 3. The van der Waals surface area contributed by atoms with Crippen molar-refractivity contribution in [1.82, 2.24) is 10.2 Å². The van der Waals surface area contributed by atoms with Gasteiger partial charge in [0.25, 0.3) is 17.7 Å². The van der Waals surface area contributed by atoms with Crippen molar-refractivity contribution in [3.63, 3.8) is 0 Å². The molecule has 0 unspecified atom stereocenters. The van der Waals surface area contributed by atoms with E-state index in [4.69, 9.17) is 0 Å². The molecule has 0 fully saturated rings. The first-order valence-electron chi connectivity index (χ1n) is 10.1. The number of hydrogen-bond donors (Lipinski definition) is 1.